The van der Waals surface area contributed by atoms with Crippen LogP contribution in [0.5, 0.6) is 0 Å². The first-order valence-corrected chi connectivity index (χ1v) is 3.85. The Hall–Kier alpha value is -1.51. The fraction of sp³-hybridized carbons (Fsp3) is 0.222. The van der Waals surface area contributed by atoms with E-state index in [2.05, 4.69) is 10.5 Å². The van der Waals surface area contributed by atoms with E-state index < -0.39 is 0 Å². The summed E-state index contributed by atoms with van der Waals surface area (Å²) in [4.78, 5) is 0. The van der Waals surface area contributed by atoms with Crippen molar-refractivity contribution in [3.63, 3.8) is 0 Å². The Kier molecular flexibility index (Phi) is 1.50. The van der Waals surface area contributed by atoms with E-state index in [-0.39, 0.29) is 0 Å². The number of rotatable bonds is 1. The lowest BCUT2D eigenvalue weighted by Gasteiger charge is -1.97. The van der Waals surface area contributed by atoms with E-state index in [4.69, 9.17) is 4.52 Å². The van der Waals surface area contributed by atoms with Crippen LogP contribution in [0.15, 0.2) is 22.7 Å². The van der Waals surface area contributed by atoms with E-state index in [1.165, 1.54) is 0 Å². The molecule has 62 valence electrons. The molecule has 1 N–H and O–H groups in total. The number of benzene rings is 1. The van der Waals surface area contributed by atoms with Crippen LogP contribution in [0.4, 0.5) is 5.69 Å². The molecule has 0 bridgehead atoms. The van der Waals surface area contributed by atoms with Crippen LogP contribution < -0.4 is 5.32 Å². The Bertz CT molecular complexity index is 406. The molecule has 0 aliphatic rings. The van der Waals surface area contributed by atoms with Gasteiger partial charge in [0.2, 0.25) is 0 Å². The van der Waals surface area contributed by atoms with Crippen molar-refractivity contribution in [2.45, 2.75) is 6.92 Å². The third-order valence-electron chi connectivity index (χ3n) is 1.94. The summed E-state index contributed by atoms with van der Waals surface area (Å²) in [6, 6.07) is 5.91. The van der Waals surface area contributed by atoms with Crippen LogP contribution in [0.2, 0.25) is 0 Å². The van der Waals surface area contributed by atoms with Gasteiger partial charge in [-0.25, -0.2) is 0 Å². The minimum atomic E-state index is 0.839. The molecule has 3 nitrogen and oxygen atoms in total. The fourth-order valence-electron chi connectivity index (χ4n) is 1.21. The number of nitrogens with one attached hydrogen (secondary N) is 1. The quantitative estimate of drug-likeness (QED) is 0.698. The van der Waals surface area contributed by atoms with Gasteiger partial charge in [0.05, 0.1) is 5.69 Å². The van der Waals surface area contributed by atoms with Gasteiger partial charge >= 0.3 is 0 Å². The maximum atomic E-state index is 5.07. The van der Waals surface area contributed by atoms with Crippen molar-refractivity contribution in [3.8, 4) is 0 Å². The molecular weight excluding hydrogens is 152 g/mol. The molecule has 0 spiro atoms. The second-order valence-electron chi connectivity index (χ2n) is 2.73. The summed E-state index contributed by atoms with van der Waals surface area (Å²) in [5.41, 5.74) is 2.85. The van der Waals surface area contributed by atoms with Gasteiger partial charge in [0.15, 0.2) is 5.58 Å². The van der Waals surface area contributed by atoms with E-state index in [9.17, 15) is 0 Å². The standard InChI is InChI=1S/C9H10N2O/c1-6-8-5-7(10-2)3-4-9(8)12-11-6/h3-5,10H,1-2H3. The molecule has 0 unspecified atom stereocenters. The monoisotopic (exact) mass is 162 g/mol. The molecular formula is C9H10N2O. The zero-order valence-electron chi connectivity index (χ0n) is 7.09. The SMILES string of the molecule is CNc1ccc2onc(C)c2c1. The summed E-state index contributed by atoms with van der Waals surface area (Å²) in [7, 11) is 1.89. The van der Waals surface area contributed by atoms with Crippen LogP contribution in [0.25, 0.3) is 11.0 Å². The lowest BCUT2D eigenvalue weighted by atomic mass is 10.2. The van der Waals surface area contributed by atoms with Gasteiger partial charge in [-0.15, -0.1) is 0 Å². The Balaban J connectivity index is 2.71. The van der Waals surface area contributed by atoms with Crippen molar-refractivity contribution in [2.24, 2.45) is 0 Å². The zero-order valence-corrected chi connectivity index (χ0v) is 7.09. The minimum absolute atomic E-state index is 0.839. The van der Waals surface area contributed by atoms with Crippen molar-refractivity contribution in [1.82, 2.24) is 5.16 Å². The molecule has 0 saturated carbocycles. The molecule has 1 heterocycles. The number of nitrogens with zero attached hydrogens (tertiary/aromatic N) is 1. The lowest BCUT2D eigenvalue weighted by molar-refractivity contribution is 0.450. The van der Waals surface area contributed by atoms with Crippen molar-refractivity contribution in [2.75, 3.05) is 12.4 Å². The molecule has 0 aliphatic carbocycles. The van der Waals surface area contributed by atoms with Gasteiger partial charge in [-0.1, -0.05) is 5.16 Å². The summed E-state index contributed by atoms with van der Waals surface area (Å²) in [5.74, 6) is 0. The second-order valence-corrected chi connectivity index (χ2v) is 2.73. The molecule has 0 amide bonds. The van der Waals surface area contributed by atoms with Gasteiger partial charge in [-0.2, -0.15) is 0 Å². The van der Waals surface area contributed by atoms with Crippen molar-refractivity contribution in [1.29, 1.82) is 0 Å². The van der Waals surface area contributed by atoms with Crippen LogP contribution in [0.1, 0.15) is 5.69 Å². The number of fused-ring (bicyclic) bond motifs is 1. The maximum Gasteiger partial charge on any atom is 0.167 e. The topological polar surface area (TPSA) is 38.1 Å². The first-order chi connectivity index (χ1) is 5.81. The predicted octanol–water partition coefficient (Wildman–Crippen LogP) is 2.18. The maximum absolute atomic E-state index is 5.07. The van der Waals surface area contributed by atoms with Crippen LogP contribution in [-0.4, -0.2) is 12.2 Å². The zero-order chi connectivity index (χ0) is 8.55. The molecule has 12 heavy (non-hydrogen) atoms. The van der Waals surface area contributed by atoms with Crippen molar-refractivity contribution < 1.29 is 4.52 Å². The number of anilines is 1. The fourth-order valence-corrected chi connectivity index (χ4v) is 1.21. The Morgan fingerprint density at radius 2 is 2.25 bits per heavy atom. The highest BCUT2D eigenvalue weighted by atomic mass is 16.5. The largest absolute Gasteiger partial charge is 0.388 e. The Morgan fingerprint density at radius 3 is 3.00 bits per heavy atom. The Morgan fingerprint density at radius 1 is 1.42 bits per heavy atom. The van der Waals surface area contributed by atoms with E-state index in [1.807, 2.05) is 32.2 Å². The molecule has 0 fully saturated rings. The highest BCUT2D eigenvalue weighted by molar-refractivity contribution is 5.82. The number of hydrogen-bond donors (Lipinski definition) is 1. The first-order valence-electron chi connectivity index (χ1n) is 3.85. The molecule has 0 atom stereocenters. The predicted molar refractivity (Wildman–Crippen MR) is 48.3 cm³/mol. The Labute approximate surface area is 70.4 Å². The molecule has 1 aromatic carbocycles. The van der Waals surface area contributed by atoms with Crippen LogP contribution >= 0.6 is 0 Å². The van der Waals surface area contributed by atoms with Crippen LogP contribution in [-0.2, 0) is 0 Å². The number of hydrogen-bond acceptors (Lipinski definition) is 3. The first kappa shape index (κ1) is 7.16. The molecule has 0 aliphatic heterocycles. The smallest absolute Gasteiger partial charge is 0.167 e. The molecule has 0 saturated heterocycles. The number of aryl methyl sites for hydroxylation is 1. The van der Waals surface area contributed by atoms with Gasteiger partial charge in [-0.05, 0) is 25.1 Å². The molecule has 3 heteroatoms. The van der Waals surface area contributed by atoms with Crippen LogP contribution in [0, 0.1) is 6.92 Å². The van der Waals surface area contributed by atoms with E-state index >= 15 is 0 Å². The molecule has 0 radical (unpaired) electrons. The average Bonchev–Trinajstić information content (AvgIpc) is 2.47. The normalized spacial score (nSPS) is 10.5. The van der Waals surface area contributed by atoms with Crippen molar-refractivity contribution in [3.05, 3.63) is 23.9 Å². The van der Waals surface area contributed by atoms with Gasteiger partial charge in [0.1, 0.15) is 0 Å². The van der Waals surface area contributed by atoms with Gasteiger partial charge in [0, 0.05) is 18.1 Å². The molecule has 1 aromatic heterocycles. The van der Waals surface area contributed by atoms with E-state index in [0.717, 1.165) is 22.4 Å². The van der Waals surface area contributed by atoms with Gasteiger partial charge in [-0.3, -0.25) is 0 Å². The summed E-state index contributed by atoms with van der Waals surface area (Å²) < 4.78 is 5.07. The van der Waals surface area contributed by atoms with Gasteiger partial charge < -0.3 is 9.84 Å². The van der Waals surface area contributed by atoms with Gasteiger partial charge in [0.25, 0.3) is 0 Å². The lowest BCUT2D eigenvalue weighted by Crippen LogP contribution is -1.86. The van der Waals surface area contributed by atoms with E-state index in [1.54, 1.807) is 0 Å². The summed E-state index contributed by atoms with van der Waals surface area (Å²) >= 11 is 0. The summed E-state index contributed by atoms with van der Waals surface area (Å²) in [5, 5.41) is 8.01. The third kappa shape index (κ3) is 0.942. The highest BCUT2D eigenvalue weighted by Crippen LogP contribution is 2.21. The second kappa shape index (κ2) is 2.52. The third-order valence-corrected chi connectivity index (χ3v) is 1.94. The molecule has 2 rings (SSSR count). The van der Waals surface area contributed by atoms with Crippen molar-refractivity contribution >= 4 is 16.7 Å². The minimum Gasteiger partial charge on any atom is -0.388 e. The van der Waals surface area contributed by atoms with Crippen LogP contribution in [0.3, 0.4) is 0 Å². The average molecular weight is 162 g/mol. The number of aromatic nitrogens is 1. The highest BCUT2D eigenvalue weighted by Gasteiger charge is 2.03. The summed E-state index contributed by atoms with van der Waals surface area (Å²) in [6.45, 7) is 1.94. The summed E-state index contributed by atoms with van der Waals surface area (Å²) in [6.07, 6.45) is 0. The van der Waals surface area contributed by atoms with E-state index in [0.29, 0.717) is 0 Å². The molecule has 2 aromatic rings.